The zero-order valence-corrected chi connectivity index (χ0v) is 11.3. The van der Waals surface area contributed by atoms with Gasteiger partial charge in [0.25, 0.3) is 0 Å². The lowest BCUT2D eigenvalue weighted by molar-refractivity contribution is 0.299. The van der Waals surface area contributed by atoms with Crippen LogP contribution in [0.25, 0.3) is 11.1 Å². The summed E-state index contributed by atoms with van der Waals surface area (Å²) in [5.41, 5.74) is 2.17. The van der Waals surface area contributed by atoms with Crippen LogP contribution in [0.4, 0.5) is 0 Å². The zero-order chi connectivity index (χ0) is 13.4. The molecule has 0 amide bonds. The minimum absolute atomic E-state index is 0.370. The summed E-state index contributed by atoms with van der Waals surface area (Å²) in [5, 5.41) is 0. The molecule has 0 N–H and O–H groups in total. The predicted octanol–water partition coefficient (Wildman–Crippen LogP) is 3.83. The monoisotopic (exact) mass is 267 g/mol. The minimum Gasteiger partial charge on any atom is -0.490 e. The highest BCUT2D eigenvalue weighted by Gasteiger charge is 2.27. The average molecular weight is 267 g/mol. The summed E-state index contributed by atoms with van der Waals surface area (Å²) in [6.45, 7) is 0. The molecular formula is C17H17NO2. The van der Waals surface area contributed by atoms with Gasteiger partial charge in [-0.05, 0) is 37.8 Å². The first-order valence-electron chi connectivity index (χ1n) is 7.27. The molecule has 1 heterocycles. The van der Waals surface area contributed by atoms with Crippen LogP contribution in [0, 0.1) is 0 Å². The van der Waals surface area contributed by atoms with Gasteiger partial charge in [0, 0.05) is 17.3 Å². The number of nitrogens with zero attached hydrogens (tertiary/aromatic N) is 1. The van der Waals surface area contributed by atoms with Crippen molar-refractivity contribution >= 4 is 0 Å². The van der Waals surface area contributed by atoms with Crippen molar-refractivity contribution in [3.63, 3.8) is 0 Å². The molecule has 3 nitrogen and oxygen atoms in total. The molecule has 2 saturated carbocycles. The summed E-state index contributed by atoms with van der Waals surface area (Å²) in [6, 6.07) is 10.2. The Labute approximate surface area is 118 Å². The summed E-state index contributed by atoms with van der Waals surface area (Å²) in [4.78, 5) is 4.19. The molecule has 4 rings (SSSR count). The number of para-hydroxylation sites is 1. The van der Waals surface area contributed by atoms with Crippen LogP contribution in [-0.4, -0.2) is 17.2 Å². The van der Waals surface area contributed by atoms with E-state index in [-0.39, 0.29) is 0 Å². The van der Waals surface area contributed by atoms with Gasteiger partial charge in [0.05, 0.1) is 18.4 Å². The van der Waals surface area contributed by atoms with Crippen LogP contribution >= 0.6 is 0 Å². The second-order valence-corrected chi connectivity index (χ2v) is 5.50. The van der Waals surface area contributed by atoms with E-state index in [0.717, 1.165) is 48.3 Å². The van der Waals surface area contributed by atoms with Crippen molar-refractivity contribution in [3.05, 3.63) is 42.7 Å². The van der Waals surface area contributed by atoms with Crippen LogP contribution in [-0.2, 0) is 0 Å². The summed E-state index contributed by atoms with van der Waals surface area (Å²) in [7, 11) is 0. The third-order valence-electron chi connectivity index (χ3n) is 3.60. The highest BCUT2D eigenvalue weighted by molar-refractivity contribution is 5.75. The standard InChI is InChI=1S/C17H17NO2/c1-2-4-16(19-12-5-6-12)14(3-1)15-9-10-18-11-17(15)20-13-7-8-13/h1-4,9-13H,5-8H2. The number of hydrogen-bond donors (Lipinski definition) is 0. The normalized spacial score (nSPS) is 17.8. The molecule has 0 atom stereocenters. The van der Waals surface area contributed by atoms with Crippen molar-refractivity contribution in [2.24, 2.45) is 0 Å². The first-order valence-corrected chi connectivity index (χ1v) is 7.27. The highest BCUT2D eigenvalue weighted by Crippen LogP contribution is 2.40. The molecular weight excluding hydrogens is 250 g/mol. The van der Waals surface area contributed by atoms with E-state index in [1.165, 1.54) is 0 Å². The van der Waals surface area contributed by atoms with Crippen LogP contribution in [0.2, 0.25) is 0 Å². The molecule has 102 valence electrons. The maximum atomic E-state index is 6.01. The molecule has 0 unspecified atom stereocenters. The fourth-order valence-corrected chi connectivity index (χ4v) is 2.22. The molecule has 2 aromatic rings. The van der Waals surface area contributed by atoms with Gasteiger partial charge >= 0.3 is 0 Å². The van der Waals surface area contributed by atoms with Crippen molar-refractivity contribution in [3.8, 4) is 22.6 Å². The number of hydrogen-bond acceptors (Lipinski definition) is 3. The second kappa shape index (κ2) is 4.82. The van der Waals surface area contributed by atoms with Gasteiger partial charge in [-0.3, -0.25) is 4.98 Å². The molecule has 0 spiro atoms. The van der Waals surface area contributed by atoms with Gasteiger partial charge in [0.15, 0.2) is 0 Å². The largest absolute Gasteiger partial charge is 0.490 e. The summed E-state index contributed by atoms with van der Waals surface area (Å²) in [5.74, 6) is 1.81. The van der Waals surface area contributed by atoms with Gasteiger partial charge in [-0.1, -0.05) is 18.2 Å². The van der Waals surface area contributed by atoms with Crippen molar-refractivity contribution in [2.75, 3.05) is 0 Å². The third kappa shape index (κ3) is 2.48. The number of aromatic nitrogens is 1. The fraction of sp³-hybridized carbons (Fsp3) is 0.353. The number of rotatable bonds is 5. The molecule has 0 saturated heterocycles. The number of benzene rings is 1. The van der Waals surface area contributed by atoms with Gasteiger partial charge in [-0.2, -0.15) is 0 Å². The van der Waals surface area contributed by atoms with Gasteiger partial charge in [-0.15, -0.1) is 0 Å². The lowest BCUT2D eigenvalue weighted by Crippen LogP contribution is -2.01. The Morgan fingerprint density at radius 3 is 2.20 bits per heavy atom. The first-order chi connectivity index (χ1) is 9.90. The molecule has 2 fully saturated rings. The van der Waals surface area contributed by atoms with E-state index >= 15 is 0 Å². The van der Waals surface area contributed by atoms with Crippen LogP contribution in [0.15, 0.2) is 42.7 Å². The van der Waals surface area contributed by atoms with E-state index < -0.39 is 0 Å². The first kappa shape index (κ1) is 11.8. The number of pyridine rings is 1. The Kier molecular flexibility index (Phi) is 2.84. The maximum Gasteiger partial charge on any atom is 0.145 e. The molecule has 2 aliphatic rings. The molecule has 1 aromatic heterocycles. The topological polar surface area (TPSA) is 31.4 Å². The van der Waals surface area contributed by atoms with Crippen molar-refractivity contribution in [2.45, 2.75) is 37.9 Å². The summed E-state index contributed by atoms with van der Waals surface area (Å²) >= 11 is 0. The average Bonchev–Trinajstić information content (AvgIpc) is 3.36. The van der Waals surface area contributed by atoms with Gasteiger partial charge in [0.1, 0.15) is 11.5 Å². The smallest absolute Gasteiger partial charge is 0.145 e. The van der Waals surface area contributed by atoms with Crippen LogP contribution in [0.1, 0.15) is 25.7 Å². The van der Waals surface area contributed by atoms with Gasteiger partial charge < -0.3 is 9.47 Å². The molecule has 0 radical (unpaired) electrons. The Hall–Kier alpha value is -2.03. The lowest BCUT2D eigenvalue weighted by atomic mass is 10.1. The van der Waals surface area contributed by atoms with E-state index in [1.807, 2.05) is 36.7 Å². The molecule has 3 heteroatoms. The predicted molar refractivity (Wildman–Crippen MR) is 77.0 cm³/mol. The van der Waals surface area contributed by atoms with Crippen LogP contribution in [0.3, 0.4) is 0 Å². The van der Waals surface area contributed by atoms with Gasteiger partial charge in [-0.25, -0.2) is 0 Å². The highest BCUT2D eigenvalue weighted by atomic mass is 16.5. The minimum atomic E-state index is 0.370. The molecule has 1 aromatic carbocycles. The third-order valence-corrected chi connectivity index (χ3v) is 3.60. The van der Waals surface area contributed by atoms with E-state index in [4.69, 9.17) is 9.47 Å². The summed E-state index contributed by atoms with van der Waals surface area (Å²) in [6.07, 6.45) is 9.00. The van der Waals surface area contributed by atoms with E-state index in [2.05, 4.69) is 11.1 Å². The SMILES string of the molecule is c1ccc(-c2ccncc2OC2CC2)c(OC2CC2)c1. The molecule has 0 bridgehead atoms. The van der Waals surface area contributed by atoms with Crippen LogP contribution in [0.5, 0.6) is 11.5 Å². The van der Waals surface area contributed by atoms with E-state index in [1.54, 1.807) is 0 Å². The second-order valence-electron chi connectivity index (χ2n) is 5.50. The Balaban J connectivity index is 1.72. The van der Waals surface area contributed by atoms with Gasteiger partial charge in [0.2, 0.25) is 0 Å². The van der Waals surface area contributed by atoms with Crippen molar-refractivity contribution in [1.29, 1.82) is 0 Å². The maximum absolute atomic E-state index is 6.01. The Morgan fingerprint density at radius 2 is 1.45 bits per heavy atom. The molecule has 2 aliphatic carbocycles. The molecule has 0 aliphatic heterocycles. The van der Waals surface area contributed by atoms with E-state index in [0.29, 0.717) is 12.2 Å². The van der Waals surface area contributed by atoms with Crippen molar-refractivity contribution in [1.82, 2.24) is 4.98 Å². The number of ether oxygens (including phenoxy) is 2. The molecule has 20 heavy (non-hydrogen) atoms. The Bertz CT molecular complexity index is 562. The lowest BCUT2D eigenvalue weighted by Gasteiger charge is -2.14. The fourth-order valence-electron chi connectivity index (χ4n) is 2.22. The van der Waals surface area contributed by atoms with E-state index in [9.17, 15) is 0 Å². The zero-order valence-electron chi connectivity index (χ0n) is 11.3. The van der Waals surface area contributed by atoms with Crippen LogP contribution < -0.4 is 9.47 Å². The Morgan fingerprint density at radius 1 is 0.800 bits per heavy atom. The van der Waals surface area contributed by atoms with Crippen molar-refractivity contribution < 1.29 is 9.47 Å². The quantitative estimate of drug-likeness (QED) is 0.825. The summed E-state index contributed by atoms with van der Waals surface area (Å²) < 4.78 is 12.0.